The third kappa shape index (κ3) is 3.44. The van der Waals surface area contributed by atoms with Gasteiger partial charge in [-0.15, -0.1) is 0 Å². The second-order valence-corrected chi connectivity index (χ2v) is 6.29. The summed E-state index contributed by atoms with van der Waals surface area (Å²) >= 11 is 0. The van der Waals surface area contributed by atoms with Crippen LogP contribution in [0, 0.1) is 0 Å². The second kappa shape index (κ2) is 6.15. The zero-order valence-electron chi connectivity index (χ0n) is 13.7. The number of nitrogens with zero attached hydrogens (tertiary/aromatic N) is 4. The Morgan fingerprint density at radius 2 is 2.10 bits per heavy atom. The van der Waals surface area contributed by atoms with Gasteiger partial charge >= 0.3 is 5.97 Å². The largest absolute Gasteiger partial charge is 0.462 e. The number of esters is 1. The number of carbonyl (C=O) groups is 1. The highest BCUT2D eigenvalue weighted by molar-refractivity contribution is 5.90. The summed E-state index contributed by atoms with van der Waals surface area (Å²) in [5.74, 6) is -0.283. The number of aryl methyl sites for hydroxylation is 1. The van der Waals surface area contributed by atoms with E-state index < -0.39 is 0 Å². The molecule has 1 aliphatic rings. The molecule has 1 aliphatic heterocycles. The van der Waals surface area contributed by atoms with E-state index in [0.717, 1.165) is 31.9 Å². The maximum absolute atomic E-state index is 12.0. The average Bonchev–Trinajstić information content (AvgIpc) is 2.76. The maximum atomic E-state index is 12.0. The first-order valence-electron chi connectivity index (χ1n) is 7.46. The number of likely N-dealkylation sites (N-methyl/N-ethyl adjacent to an activating group) is 1. The first kappa shape index (κ1) is 16.0. The van der Waals surface area contributed by atoms with Gasteiger partial charge in [0.25, 0.3) is 0 Å². The average molecular weight is 294 g/mol. The molecule has 0 aromatic carbocycles. The van der Waals surface area contributed by atoms with Crippen LogP contribution in [0.1, 0.15) is 36.8 Å². The maximum Gasteiger partial charge on any atom is 0.341 e. The Kier molecular flexibility index (Phi) is 4.68. The number of hydrogen-bond acceptors (Lipinski definition) is 5. The Balaban J connectivity index is 2.13. The van der Waals surface area contributed by atoms with Crippen molar-refractivity contribution in [3.63, 3.8) is 0 Å². The molecule has 0 spiro atoms. The summed E-state index contributed by atoms with van der Waals surface area (Å²) in [6, 6.07) is 0. The molecule has 0 bridgehead atoms. The van der Waals surface area contributed by atoms with Crippen LogP contribution >= 0.6 is 0 Å². The Hall–Kier alpha value is -1.40. The van der Waals surface area contributed by atoms with Crippen LogP contribution in [0.25, 0.3) is 0 Å². The van der Waals surface area contributed by atoms with Crippen LogP contribution in [0.2, 0.25) is 0 Å². The molecule has 1 aromatic heterocycles. The van der Waals surface area contributed by atoms with Gasteiger partial charge in [-0.25, -0.2) is 4.79 Å². The van der Waals surface area contributed by atoms with Gasteiger partial charge in [0.1, 0.15) is 5.56 Å². The predicted molar refractivity (Wildman–Crippen MR) is 81.2 cm³/mol. The zero-order chi connectivity index (χ0) is 15.6. The minimum Gasteiger partial charge on any atom is -0.462 e. The summed E-state index contributed by atoms with van der Waals surface area (Å²) in [5.41, 5.74) is 1.64. The summed E-state index contributed by atoms with van der Waals surface area (Å²) in [7, 11) is 4.03. The fourth-order valence-corrected chi connectivity index (χ4v) is 2.72. The van der Waals surface area contributed by atoms with E-state index in [1.54, 1.807) is 10.9 Å². The van der Waals surface area contributed by atoms with Crippen LogP contribution < -0.4 is 0 Å². The number of carbonyl (C=O) groups excluding carboxylic acids is 1. The lowest BCUT2D eigenvalue weighted by atomic mass is 9.99. The first-order valence-corrected chi connectivity index (χ1v) is 7.46. The van der Waals surface area contributed by atoms with Crippen LogP contribution in [0.4, 0.5) is 0 Å². The Labute approximate surface area is 126 Å². The van der Waals surface area contributed by atoms with E-state index in [9.17, 15) is 4.79 Å². The minimum absolute atomic E-state index is 0.140. The quantitative estimate of drug-likeness (QED) is 0.779. The summed E-state index contributed by atoms with van der Waals surface area (Å²) in [6.45, 7) is 10.4. The van der Waals surface area contributed by atoms with Crippen molar-refractivity contribution in [3.8, 4) is 0 Å². The molecule has 0 N–H and O–H groups in total. The fraction of sp³-hybridized carbons (Fsp3) is 0.733. The van der Waals surface area contributed by atoms with E-state index in [-0.39, 0.29) is 11.5 Å². The van der Waals surface area contributed by atoms with Gasteiger partial charge in [0.2, 0.25) is 0 Å². The second-order valence-electron chi connectivity index (χ2n) is 6.29. The van der Waals surface area contributed by atoms with Gasteiger partial charge in [-0.3, -0.25) is 14.5 Å². The molecule has 0 atom stereocenters. The smallest absolute Gasteiger partial charge is 0.341 e. The van der Waals surface area contributed by atoms with E-state index in [2.05, 4.69) is 35.8 Å². The first-order chi connectivity index (χ1) is 9.85. The van der Waals surface area contributed by atoms with E-state index in [1.807, 2.05) is 14.0 Å². The molecule has 0 aliphatic carbocycles. The molecule has 0 radical (unpaired) electrons. The third-order valence-corrected chi connectivity index (χ3v) is 4.33. The third-order valence-electron chi connectivity index (χ3n) is 4.33. The molecule has 21 heavy (non-hydrogen) atoms. The minimum atomic E-state index is -0.283. The highest BCUT2D eigenvalue weighted by Crippen LogP contribution is 2.21. The van der Waals surface area contributed by atoms with Crippen molar-refractivity contribution in [2.24, 2.45) is 7.05 Å². The van der Waals surface area contributed by atoms with Crippen molar-refractivity contribution < 1.29 is 9.53 Å². The number of hydrogen-bond donors (Lipinski definition) is 0. The molecular formula is C15H26N4O2. The molecule has 6 heteroatoms. The molecule has 1 fully saturated rings. The SMILES string of the molecule is CCOC(=O)c1cnn(C)c1CN1CCN(C)C(C)(C)C1. The normalized spacial score (nSPS) is 19.7. The lowest BCUT2D eigenvalue weighted by molar-refractivity contribution is 0.0342. The van der Waals surface area contributed by atoms with Crippen LogP contribution in [0.5, 0.6) is 0 Å². The number of aromatic nitrogens is 2. The van der Waals surface area contributed by atoms with Crippen molar-refractivity contribution >= 4 is 5.97 Å². The topological polar surface area (TPSA) is 50.6 Å². The van der Waals surface area contributed by atoms with E-state index in [4.69, 9.17) is 4.74 Å². The highest BCUT2D eigenvalue weighted by Gasteiger charge is 2.32. The number of piperazine rings is 1. The van der Waals surface area contributed by atoms with E-state index in [0.29, 0.717) is 12.2 Å². The van der Waals surface area contributed by atoms with Crippen LogP contribution in [0.15, 0.2) is 6.20 Å². The molecule has 6 nitrogen and oxygen atoms in total. The highest BCUT2D eigenvalue weighted by atomic mass is 16.5. The lowest BCUT2D eigenvalue weighted by Crippen LogP contribution is -2.57. The standard InChI is InChI=1S/C15H26N4O2/c1-6-21-14(20)12-9-16-18(5)13(12)10-19-8-7-17(4)15(2,3)11-19/h9H,6-8,10-11H2,1-5H3. The summed E-state index contributed by atoms with van der Waals surface area (Å²) in [4.78, 5) is 16.7. The van der Waals surface area contributed by atoms with Gasteiger partial charge in [-0.1, -0.05) is 0 Å². The molecule has 0 amide bonds. The van der Waals surface area contributed by atoms with Crippen molar-refractivity contribution in [2.45, 2.75) is 32.9 Å². The van der Waals surface area contributed by atoms with Crippen molar-refractivity contribution in [1.29, 1.82) is 0 Å². The van der Waals surface area contributed by atoms with Gasteiger partial charge in [-0.2, -0.15) is 5.10 Å². The molecular weight excluding hydrogens is 268 g/mol. The van der Waals surface area contributed by atoms with Crippen molar-refractivity contribution in [3.05, 3.63) is 17.5 Å². The van der Waals surface area contributed by atoms with Gasteiger partial charge in [0.15, 0.2) is 0 Å². The molecule has 2 heterocycles. The van der Waals surface area contributed by atoms with Gasteiger partial charge in [0, 0.05) is 38.8 Å². The van der Waals surface area contributed by atoms with E-state index in [1.165, 1.54) is 0 Å². The summed E-state index contributed by atoms with van der Waals surface area (Å²) in [6.07, 6.45) is 1.61. The molecule has 0 unspecified atom stereocenters. The van der Waals surface area contributed by atoms with Crippen LogP contribution in [-0.2, 0) is 18.3 Å². The molecule has 118 valence electrons. The van der Waals surface area contributed by atoms with Crippen LogP contribution in [-0.4, -0.2) is 64.4 Å². The van der Waals surface area contributed by atoms with Crippen molar-refractivity contribution in [1.82, 2.24) is 19.6 Å². The van der Waals surface area contributed by atoms with Crippen LogP contribution in [0.3, 0.4) is 0 Å². The van der Waals surface area contributed by atoms with Gasteiger partial charge in [0.05, 0.1) is 18.5 Å². The summed E-state index contributed by atoms with van der Waals surface area (Å²) < 4.78 is 6.89. The summed E-state index contributed by atoms with van der Waals surface area (Å²) in [5, 5.41) is 4.22. The van der Waals surface area contributed by atoms with E-state index >= 15 is 0 Å². The Morgan fingerprint density at radius 3 is 2.71 bits per heavy atom. The van der Waals surface area contributed by atoms with Gasteiger partial charge < -0.3 is 4.74 Å². The molecule has 1 saturated heterocycles. The lowest BCUT2D eigenvalue weighted by Gasteiger charge is -2.45. The van der Waals surface area contributed by atoms with Gasteiger partial charge in [-0.05, 0) is 27.8 Å². The number of rotatable bonds is 4. The zero-order valence-corrected chi connectivity index (χ0v) is 13.7. The fourth-order valence-electron chi connectivity index (χ4n) is 2.72. The molecule has 0 saturated carbocycles. The molecule has 1 aromatic rings. The number of ether oxygens (including phenoxy) is 1. The Bertz CT molecular complexity index is 510. The predicted octanol–water partition coefficient (Wildman–Crippen LogP) is 1.12. The van der Waals surface area contributed by atoms with Crippen molar-refractivity contribution in [2.75, 3.05) is 33.3 Å². The molecule has 2 rings (SSSR count). The monoisotopic (exact) mass is 294 g/mol. The Morgan fingerprint density at radius 1 is 1.38 bits per heavy atom.